The van der Waals surface area contributed by atoms with E-state index < -0.39 is 0 Å². The predicted molar refractivity (Wildman–Crippen MR) is 97.1 cm³/mol. The van der Waals surface area contributed by atoms with Crippen LogP contribution in [0.5, 0.6) is 0 Å². The molecule has 2 heterocycles. The SMILES string of the molecule is CC.CC(NC(=O)c1cn(SF)c2ncc(Br)nc12)C(C)(C)C. The van der Waals surface area contributed by atoms with Gasteiger partial charge in [-0.3, -0.25) is 4.79 Å². The van der Waals surface area contributed by atoms with Gasteiger partial charge in [-0.25, -0.2) is 13.9 Å². The quantitative estimate of drug-likeness (QED) is 0.800. The minimum absolute atomic E-state index is 0.0143. The van der Waals surface area contributed by atoms with E-state index in [1.165, 1.54) is 16.4 Å². The Labute approximate surface area is 149 Å². The first-order chi connectivity index (χ1) is 10.7. The van der Waals surface area contributed by atoms with Crippen LogP contribution < -0.4 is 5.32 Å². The van der Waals surface area contributed by atoms with Gasteiger partial charge in [0.15, 0.2) is 18.0 Å². The molecule has 0 radical (unpaired) electrons. The molecule has 0 bridgehead atoms. The van der Waals surface area contributed by atoms with Crippen molar-refractivity contribution in [2.45, 2.75) is 47.6 Å². The van der Waals surface area contributed by atoms with Crippen molar-refractivity contribution in [3.8, 4) is 0 Å². The van der Waals surface area contributed by atoms with Gasteiger partial charge in [-0.2, -0.15) is 0 Å². The summed E-state index contributed by atoms with van der Waals surface area (Å²) in [6.45, 7) is 12.0. The highest BCUT2D eigenvalue weighted by molar-refractivity contribution is 9.10. The van der Waals surface area contributed by atoms with Gasteiger partial charge in [0.1, 0.15) is 10.1 Å². The molecule has 0 fully saturated rings. The average Bonchev–Trinajstić information content (AvgIpc) is 2.86. The molecule has 0 aliphatic carbocycles. The molecule has 0 spiro atoms. The number of carbonyl (C=O) groups is 1. The van der Waals surface area contributed by atoms with Gasteiger partial charge >= 0.3 is 0 Å². The monoisotopic (exact) mass is 404 g/mol. The molecule has 2 rings (SSSR count). The van der Waals surface area contributed by atoms with Crippen LogP contribution in [0.1, 0.15) is 51.9 Å². The van der Waals surface area contributed by atoms with Gasteiger partial charge in [-0.15, -0.1) is 3.89 Å². The minimum atomic E-state index is -0.289. The van der Waals surface area contributed by atoms with Crippen LogP contribution in [0.3, 0.4) is 0 Å². The summed E-state index contributed by atoms with van der Waals surface area (Å²) < 4.78 is 14.6. The molecule has 1 atom stereocenters. The van der Waals surface area contributed by atoms with Crippen LogP contribution in [0, 0.1) is 5.41 Å². The van der Waals surface area contributed by atoms with Gasteiger partial charge in [-0.05, 0) is 28.3 Å². The Balaban J connectivity index is 0.00000127. The lowest BCUT2D eigenvalue weighted by atomic mass is 9.88. The van der Waals surface area contributed by atoms with Crippen LogP contribution in [-0.2, 0) is 0 Å². The number of nitrogens with one attached hydrogen (secondary N) is 1. The second kappa shape index (κ2) is 8.10. The van der Waals surface area contributed by atoms with E-state index in [-0.39, 0.29) is 29.7 Å². The largest absolute Gasteiger partial charge is 0.349 e. The molecule has 8 heteroatoms. The molecule has 1 N–H and O–H groups in total. The highest BCUT2D eigenvalue weighted by atomic mass is 79.9. The first-order valence-corrected chi connectivity index (χ1v) is 8.84. The van der Waals surface area contributed by atoms with Crippen LogP contribution >= 0.6 is 28.3 Å². The summed E-state index contributed by atoms with van der Waals surface area (Å²) in [5, 5.41) is 2.92. The average molecular weight is 405 g/mol. The summed E-state index contributed by atoms with van der Waals surface area (Å²) in [4.78, 5) is 20.7. The Morgan fingerprint density at radius 2 is 2.04 bits per heavy atom. The lowest BCUT2D eigenvalue weighted by Gasteiger charge is -2.27. The first kappa shape index (κ1) is 19.9. The summed E-state index contributed by atoms with van der Waals surface area (Å²) in [6, 6.07) is -0.0402. The van der Waals surface area contributed by atoms with E-state index in [1.54, 1.807) is 0 Å². The zero-order valence-corrected chi connectivity index (χ0v) is 16.5. The van der Waals surface area contributed by atoms with Crippen molar-refractivity contribution in [2.24, 2.45) is 5.41 Å². The zero-order chi connectivity index (χ0) is 17.8. The molecule has 5 nitrogen and oxygen atoms in total. The molecule has 0 saturated carbocycles. The van der Waals surface area contributed by atoms with Gasteiger partial charge in [0.25, 0.3) is 5.91 Å². The molecule has 128 valence electrons. The summed E-state index contributed by atoms with van der Waals surface area (Å²) in [5.41, 5.74) is 0.919. The second-order valence-electron chi connectivity index (χ2n) is 5.86. The molecule has 23 heavy (non-hydrogen) atoms. The Kier molecular flexibility index (Phi) is 7.01. The Bertz CT molecular complexity index is 684. The van der Waals surface area contributed by atoms with E-state index in [0.29, 0.717) is 21.3 Å². The third kappa shape index (κ3) is 4.67. The lowest BCUT2D eigenvalue weighted by molar-refractivity contribution is 0.0911. The van der Waals surface area contributed by atoms with E-state index in [9.17, 15) is 8.68 Å². The predicted octanol–water partition coefficient (Wildman–Crippen LogP) is 4.77. The van der Waals surface area contributed by atoms with Crippen molar-refractivity contribution in [3.63, 3.8) is 0 Å². The van der Waals surface area contributed by atoms with Crippen LogP contribution in [-0.4, -0.2) is 25.9 Å². The molecule has 0 saturated heterocycles. The van der Waals surface area contributed by atoms with Gasteiger partial charge in [0.05, 0.1) is 11.8 Å². The Morgan fingerprint density at radius 3 is 2.57 bits per heavy atom. The maximum absolute atomic E-state index is 13.0. The molecule has 2 aromatic rings. The number of halogens is 2. The number of rotatable bonds is 3. The number of nitrogens with zero attached hydrogens (tertiary/aromatic N) is 3. The first-order valence-electron chi connectivity index (χ1n) is 7.37. The number of aromatic nitrogens is 3. The van der Waals surface area contributed by atoms with Crippen LogP contribution in [0.25, 0.3) is 11.2 Å². The van der Waals surface area contributed by atoms with Crippen molar-refractivity contribution >= 4 is 45.3 Å². The van der Waals surface area contributed by atoms with E-state index in [0.717, 1.165) is 0 Å². The number of hydrogen-bond acceptors (Lipinski definition) is 4. The third-order valence-corrected chi connectivity index (χ3v) is 4.21. The van der Waals surface area contributed by atoms with Gasteiger partial charge < -0.3 is 5.32 Å². The fourth-order valence-corrected chi connectivity index (χ4v) is 2.28. The van der Waals surface area contributed by atoms with Gasteiger partial charge in [0.2, 0.25) is 0 Å². The van der Waals surface area contributed by atoms with Crippen molar-refractivity contribution in [1.29, 1.82) is 0 Å². The molecule has 0 aliphatic heterocycles. The van der Waals surface area contributed by atoms with Crippen LogP contribution in [0.2, 0.25) is 0 Å². The van der Waals surface area contributed by atoms with Crippen molar-refractivity contribution in [3.05, 3.63) is 22.6 Å². The van der Waals surface area contributed by atoms with Crippen LogP contribution in [0.15, 0.2) is 17.0 Å². The lowest BCUT2D eigenvalue weighted by Crippen LogP contribution is -2.41. The maximum atomic E-state index is 13.0. The summed E-state index contributed by atoms with van der Waals surface area (Å²) in [6.07, 6.45) is 2.88. The summed E-state index contributed by atoms with van der Waals surface area (Å²) >= 11 is 3.20. The third-order valence-electron chi connectivity index (χ3n) is 3.40. The number of fused-ring (bicyclic) bond motifs is 1. The van der Waals surface area contributed by atoms with E-state index in [1.807, 2.05) is 41.5 Å². The standard InChI is InChI=1S/C13H16BrFN4OS.C2H6/c1-7(13(2,3)4)17-12(20)8-6-19(21-15)11-10(8)18-9(14)5-16-11;1-2/h5-7H,1-4H3,(H,17,20);1-2H3. The molecular weight excluding hydrogens is 383 g/mol. The smallest absolute Gasteiger partial charge is 0.255 e. The summed E-state index contributed by atoms with van der Waals surface area (Å²) in [5.74, 6) is -0.289. The molecule has 0 aromatic carbocycles. The highest BCUT2D eigenvalue weighted by Crippen LogP contribution is 2.25. The Morgan fingerprint density at radius 1 is 1.43 bits per heavy atom. The van der Waals surface area contributed by atoms with Crippen molar-refractivity contribution in [2.75, 3.05) is 0 Å². The number of hydrogen-bond donors (Lipinski definition) is 1. The molecule has 1 unspecified atom stereocenters. The van der Waals surface area contributed by atoms with Crippen molar-refractivity contribution in [1.82, 2.24) is 19.3 Å². The van der Waals surface area contributed by atoms with Gasteiger partial charge in [0, 0.05) is 12.2 Å². The van der Waals surface area contributed by atoms with Gasteiger partial charge in [-0.1, -0.05) is 34.6 Å². The minimum Gasteiger partial charge on any atom is -0.349 e. The number of carbonyl (C=O) groups excluding carboxylic acids is 1. The Hall–Kier alpha value is -1.15. The normalized spacial score (nSPS) is 12.5. The number of amides is 1. The fraction of sp³-hybridized carbons (Fsp3) is 0.533. The molecule has 1 amide bonds. The fourth-order valence-electron chi connectivity index (χ4n) is 1.65. The second-order valence-corrected chi connectivity index (χ2v) is 7.21. The topological polar surface area (TPSA) is 59.8 Å². The zero-order valence-electron chi connectivity index (χ0n) is 14.1. The molecule has 0 aliphatic rings. The van der Waals surface area contributed by atoms with E-state index in [4.69, 9.17) is 0 Å². The van der Waals surface area contributed by atoms with E-state index >= 15 is 0 Å². The van der Waals surface area contributed by atoms with Crippen molar-refractivity contribution < 1.29 is 8.68 Å². The highest BCUT2D eigenvalue weighted by Gasteiger charge is 2.25. The summed E-state index contributed by atoms with van der Waals surface area (Å²) in [7, 11) is 0. The maximum Gasteiger partial charge on any atom is 0.255 e. The molecule has 2 aromatic heterocycles. The van der Waals surface area contributed by atoms with E-state index in [2.05, 4.69) is 31.2 Å². The van der Waals surface area contributed by atoms with Crippen LogP contribution in [0.4, 0.5) is 3.89 Å². The molecular formula is C15H22BrFN4OS.